The van der Waals surface area contributed by atoms with Crippen LogP contribution in [0.15, 0.2) is 48.5 Å². The van der Waals surface area contributed by atoms with Crippen molar-refractivity contribution in [1.29, 1.82) is 0 Å². The zero-order chi connectivity index (χ0) is 24.2. The summed E-state index contributed by atoms with van der Waals surface area (Å²) in [6.07, 6.45) is 2.41. The molecule has 0 heterocycles. The van der Waals surface area contributed by atoms with Crippen LogP contribution in [0.25, 0.3) is 0 Å². The first-order valence-corrected chi connectivity index (χ1v) is 10.9. The molecule has 2 aromatic rings. The Labute approximate surface area is 193 Å². The summed E-state index contributed by atoms with van der Waals surface area (Å²) < 4.78 is 10.6. The number of carbonyl (C=O) groups is 2. The Morgan fingerprint density at radius 2 is 1.91 bits per heavy atom. The molecule has 0 aromatic heterocycles. The first-order valence-electron chi connectivity index (χ1n) is 10.9. The van der Waals surface area contributed by atoms with E-state index in [0.29, 0.717) is 19.5 Å². The lowest BCUT2D eigenvalue weighted by molar-refractivity contribution is -0.385. The van der Waals surface area contributed by atoms with Crippen molar-refractivity contribution in [3.63, 3.8) is 0 Å². The summed E-state index contributed by atoms with van der Waals surface area (Å²) in [7, 11) is 1.32. The molecule has 1 atom stereocenters. The summed E-state index contributed by atoms with van der Waals surface area (Å²) in [4.78, 5) is 37.6. The van der Waals surface area contributed by atoms with Crippen LogP contribution in [-0.4, -0.2) is 54.5 Å². The fourth-order valence-electron chi connectivity index (χ4n) is 3.23. The first-order chi connectivity index (χ1) is 15.9. The van der Waals surface area contributed by atoms with Crippen LogP contribution in [-0.2, 0) is 16.0 Å². The minimum atomic E-state index is -0.673. The molecule has 0 fully saturated rings. The van der Waals surface area contributed by atoms with Gasteiger partial charge in [-0.2, -0.15) is 0 Å². The lowest BCUT2D eigenvalue weighted by Gasteiger charge is -2.28. The highest BCUT2D eigenvalue weighted by molar-refractivity contribution is 5.88. The normalized spacial score (nSPS) is 11.4. The highest BCUT2D eigenvalue weighted by Gasteiger charge is 2.26. The van der Waals surface area contributed by atoms with Gasteiger partial charge < -0.3 is 19.7 Å². The smallest absolute Gasteiger partial charge is 0.311 e. The maximum Gasteiger partial charge on any atom is 0.311 e. The van der Waals surface area contributed by atoms with E-state index in [4.69, 9.17) is 9.47 Å². The summed E-state index contributed by atoms with van der Waals surface area (Å²) in [5, 5.41) is 13.9. The van der Waals surface area contributed by atoms with Crippen LogP contribution < -0.4 is 14.8 Å². The van der Waals surface area contributed by atoms with E-state index in [9.17, 15) is 19.7 Å². The van der Waals surface area contributed by atoms with Gasteiger partial charge in [0.25, 0.3) is 5.91 Å². The van der Waals surface area contributed by atoms with Crippen molar-refractivity contribution >= 4 is 17.5 Å². The van der Waals surface area contributed by atoms with Crippen LogP contribution in [0.2, 0.25) is 0 Å². The third kappa shape index (κ3) is 7.78. The molecule has 178 valence electrons. The van der Waals surface area contributed by atoms with Crippen LogP contribution in [0.4, 0.5) is 5.69 Å². The van der Waals surface area contributed by atoms with E-state index in [1.54, 1.807) is 6.92 Å². The largest absolute Gasteiger partial charge is 0.490 e. The average Bonchev–Trinajstić information content (AvgIpc) is 2.83. The summed E-state index contributed by atoms with van der Waals surface area (Å²) >= 11 is 0. The number of methoxy groups -OCH3 is 1. The highest BCUT2D eigenvalue weighted by Crippen LogP contribution is 2.30. The van der Waals surface area contributed by atoms with Crippen molar-refractivity contribution in [2.75, 3.05) is 26.8 Å². The molecule has 9 heteroatoms. The third-order valence-electron chi connectivity index (χ3n) is 5.19. The maximum atomic E-state index is 13.0. The molecular weight excluding hydrogens is 426 g/mol. The van der Waals surface area contributed by atoms with Gasteiger partial charge in [0.2, 0.25) is 11.7 Å². The standard InChI is InChI=1S/C24H31N3O6/c1-4-5-14-25-24(29)18(2)26(15-13-19-9-7-6-8-10-19)23(28)17-33-20-11-12-21(27(30)31)22(16-20)32-3/h6-12,16,18H,4-5,13-15,17H2,1-3H3,(H,25,29). The second-order valence-corrected chi connectivity index (χ2v) is 7.52. The number of amides is 2. The molecule has 0 aliphatic heterocycles. The van der Waals surface area contributed by atoms with Crippen molar-refractivity contribution in [3.05, 3.63) is 64.2 Å². The molecule has 33 heavy (non-hydrogen) atoms. The quantitative estimate of drug-likeness (QED) is 0.280. The molecule has 9 nitrogen and oxygen atoms in total. The Balaban J connectivity index is 2.09. The van der Waals surface area contributed by atoms with Crippen molar-refractivity contribution in [2.24, 2.45) is 0 Å². The molecule has 0 aliphatic rings. The predicted octanol–water partition coefficient (Wildman–Crippen LogP) is 3.36. The number of rotatable bonds is 13. The summed E-state index contributed by atoms with van der Waals surface area (Å²) in [5.74, 6) is -0.285. The van der Waals surface area contributed by atoms with E-state index < -0.39 is 11.0 Å². The van der Waals surface area contributed by atoms with Gasteiger partial charge in [-0.1, -0.05) is 43.7 Å². The Morgan fingerprint density at radius 1 is 1.18 bits per heavy atom. The van der Waals surface area contributed by atoms with Crippen LogP contribution in [0.3, 0.4) is 0 Å². The molecule has 0 spiro atoms. The zero-order valence-electron chi connectivity index (χ0n) is 19.3. The molecule has 0 saturated heterocycles. The summed E-state index contributed by atoms with van der Waals surface area (Å²) in [6.45, 7) is 4.31. The van der Waals surface area contributed by atoms with Gasteiger partial charge in [0, 0.05) is 25.2 Å². The maximum absolute atomic E-state index is 13.0. The number of benzene rings is 2. The van der Waals surface area contributed by atoms with Crippen LogP contribution >= 0.6 is 0 Å². The molecular formula is C24H31N3O6. The Morgan fingerprint density at radius 3 is 2.55 bits per heavy atom. The van der Waals surface area contributed by atoms with Gasteiger partial charge in [-0.15, -0.1) is 0 Å². The van der Waals surface area contributed by atoms with Gasteiger partial charge in [-0.05, 0) is 31.4 Å². The second kappa shape index (κ2) is 13.0. The molecule has 0 bridgehead atoms. The van der Waals surface area contributed by atoms with Crippen molar-refractivity contribution in [3.8, 4) is 11.5 Å². The number of hydrogen-bond donors (Lipinski definition) is 1. The Kier molecular flexibility index (Phi) is 10.1. The molecule has 0 radical (unpaired) electrons. The van der Waals surface area contributed by atoms with Crippen LogP contribution in [0.1, 0.15) is 32.3 Å². The molecule has 0 saturated carbocycles. The van der Waals surface area contributed by atoms with Gasteiger partial charge in [0.1, 0.15) is 11.8 Å². The van der Waals surface area contributed by atoms with E-state index in [0.717, 1.165) is 18.4 Å². The number of ether oxygens (including phenoxy) is 2. The number of carbonyl (C=O) groups excluding carboxylic acids is 2. The van der Waals surface area contributed by atoms with E-state index in [-0.39, 0.29) is 35.6 Å². The molecule has 2 rings (SSSR count). The molecule has 1 N–H and O–H groups in total. The van der Waals surface area contributed by atoms with E-state index in [1.807, 2.05) is 37.3 Å². The highest BCUT2D eigenvalue weighted by atomic mass is 16.6. The lowest BCUT2D eigenvalue weighted by Crippen LogP contribution is -2.50. The molecule has 2 aromatic carbocycles. The molecule has 0 aliphatic carbocycles. The van der Waals surface area contributed by atoms with Crippen molar-refractivity contribution in [1.82, 2.24) is 10.2 Å². The van der Waals surface area contributed by atoms with Crippen LogP contribution in [0, 0.1) is 10.1 Å². The fourth-order valence-corrected chi connectivity index (χ4v) is 3.23. The zero-order valence-corrected chi connectivity index (χ0v) is 19.3. The average molecular weight is 458 g/mol. The first kappa shape index (κ1) is 25.6. The van der Waals surface area contributed by atoms with E-state index in [1.165, 1.54) is 30.2 Å². The number of unbranched alkanes of at least 4 members (excludes halogenated alkanes) is 1. The van der Waals surface area contributed by atoms with Gasteiger partial charge >= 0.3 is 5.69 Å². The van der Waals surface area contributed by atoms with Crippen molar-refractivity contribution in [2.45, 2.75) is 39.2 Å². The number of nitrogens with zero attached hydrogens (tertiary/aromatic N) is 2. The van der Waals surface area contributed by atoms with E-state index in [2.05, 4.69) is 5.32 Å². The van der Waals surface area contributed by atoms with Gasteiger partial charge in [-0.25, -0.2) is 0 Å². The summed E-state index contributed by atoms with van der Waals surface area (Å²) in [5.41, 5.74) is 0.855. The number of nitrogens with one attached hydrogen (secondary N) is 1. The minimum absolute atomic E-state index is 0.0366. The lowest BCUT2D eigenvalue weighted by atomic mass is 10.1. The molecule has 1 unspecified atom stereocenters. The fraction of sp³-hybridized carbons (Fsp3) is 0.417. The summed E-state index contributed by atoms with van der Waals surface area (Å²) in [6, 6.07) is 13.1. The van der Waals surface area contributed by atoms with Crippen molar-refractivity contribution < 1.29 is 24.0 Å². The van der Waals surface area contributed by atoms with E-state index >= 15 is 0 Å². The van der Waals surface area contributed by atoms with Crippen LogP contribution in [0.5, 0.6) is 11.5 Å². The number of hydrogen-bond acceptors (Lipinski definition) is 6. The monoisotopic (exact) mass is 457 g/mol. The second-order valence-electron chi connectivity index (χ2n) is 7.52. The minimum Gasteiger partial charge on any atom is -0.490 e. The predicted molar refractivity (Wildman–Crippen MR) is 124 cm³/mol. The number of nitro groups is 1. The van der Waals surface area contributed by atoms with Gasteiger partial charge in [-0.3, -0.25) is 19.7 Å². The SMILES string of the molecule is CCCCNC(=O)C(C)N(CCc1ccccc1)C(=O)COc1ccc([N+](=O)[O-])c(OC)c1. The topological polar surface area (TPSA) is 111 Å². The number of nitro benzene ring substituents is 1. The molecule has 2 amide bonds. The third-order valence-corrected chi connectivity index (χ3v) is 5.19. The Hall–Kier alpha value is -3.62. The van der Waals surface area contributed by atoms with Gasteiger partial charge in [0.15, 0.2) is 6.61 Å². The van der Waals surface area contributed by atoms with Gasteiger partial charge in [0.05, 0.1) is 12.0 Å². The Bertz CT molecular complexity index is 935.